The summed E-state index contributed by atoms with van der Waals surface area (Å²) in [7, 11) is 1.67. The van der Waals surface area contributed by atoms with Gasteiger partial charge in [-0.3, -0.25) is 4.79 Å². The summed E-state index contributed by atoms with van der Waals surface area (Å²) in [5.74, 6) is -0.143. The van der Waals surface area contributed by atoms with E-state index in [2.05, 4.69) is 5.32 Å². The molecule has 4 nitrogen and oxygen atoms in total. The van der Waals surface area contributed by atoms with Crippen molar-refractivity contribution in [2.45, 2.75) is 44.0 Å². The second-order valence-electron chi connectivity index (χ2n) is 5.88. The fraction of sp³-hybridized carbons (Fsp3) is 0.562. The second-order valence-corrected chi connectivity index (χ2v) is 5.88. The van der Waals surface area contributed by atoms with Crippen molar-refractivity contribution in [2.75, 3.05) is 13.7 Å². The Bertz CT molecular complexity index is 519. The summed E-state index contributed by atoms with van der Waals surface area (Å²) < 4.78 is 18.6. The van der Waals surface area contributed by atoms with Gasteiger partial charge in [-0.1, -0.05) is 12.1 Å². The van der Waals surface area contributed by atoms with E-state index in [1.165, 1.54) is 12.1 Å². The van der Waals surface area contributed by atoms with E-state index in [-0.39, 0.29) is 23.9 Å². The van der Waals surface area contributed by atoms with Gasteiger partial charge in [-0.05, 0) is 37.0 Å². The predicted octanol–water partition coefficient (Wildman–Crippen LogP) is 1.69. The average molecular weight is 292 g/mol. The van der Waals surface area contributed by atoms with Gasteiger partial charge in [0.1, 0.15) is 5.82 Å². The van der Waals surface area contributed by atoms with E-state index in [0.29, 0.717) is 25.6 Å². The molecule has 1 saturated carbocycles. The Morgan fingerprint density at radius 2 is 2.29 bits per heavy atom. The maximum absolute atomic E-state index is 13.3. The van der Waals surface area contributed by atoms with E-state index in [4.69, 9.17) is 4.74 Å². The van der Waals surface area contributed by atoms with Crippen LogP contribution in [0, 0.1) is 5.82 Å². The average Bonchev–Trinajstić information content (AvgIpc) is 3.20. The number of rotatable bonds is 5. The van der Waals surface area contributed by atoms with Crippen LogP contribution in [0.3, 0.4) is 0 Å². The van der Waals surface area contributed by atoms with Gasteiger partial charge in [0, 0.05) is 26.2 Å². The Balaban J connectivity index is 1.68. The fourth-order valence-electron chi connectivity index (χ4n) is 2.88. The summed E-state index contributed by atoms with van der Waals surface area (Å²) in [6.45, 7) is 1.20. The first-order valence-electron chi connectivity index (χ1n) is 7.48. The van der Waals surface area contributed by atoms with Gasteiger partial charge in [-0.2, -0.15) is 0 Å². The van der Waals surface area contributed by atoms with Crippen molar-refractivity contribution in [3.05, 3.63) is 35.6 Å². The maximum Gasteiger partial charge on any atom is 0.240 e. The number of hydrogen-bond donors (Lipinski definition) is 1. The molecular weight excluding hydrogens is 271 g/mol. The van der Waals surface area contributed by atoms with Gasteiger partial charge in [0.25, 0.3) is 0 Å². The highest BCUT2D eigenvalue weighted by Gasteiger charge is 2.38. The third-order valence-electron chi connectivity index (χ3n) is 4.23. The lowest BCUT2D eigenvalue weighted by molar-refractivity contribution is -0.134. The molecule has 0 aromatic heterocycles. The highest BCUT2D eigenvalue weighted by Crippen LogP contribution is 2.30. The molecule has 2 atom stereocenters. The molecule has 2 unspecified atom stereocenters. The topological polar surface area (TPSA) is 41.6 Å². The number of methoxy groups -OCH3 is 1. The van der Waals surface area contributed by atoms with E-state index < -0.39 is 0 Å². The molecule has 2 fully saturated rings. The van der Waals surface area contributed by atoms with E-state index in [9.17, 15) is 9.18 Å². The largest absolute Gasteiger partial charge is 0.380 e. The minimum absolute atomic E-state index is 0.106. The van der Waals surface area contributed by atoms with Crippen molar-refractivity contribution in [1.29, 1.82) is 0 Å². The molecule has 21 heavy (non-hydrogen) atoms. The Morgan fingerprint density at radius 3 is 2.90 bits per heavy atom. The van der Waals surface area contributed by atoms with Crippen LogP contribution >= 0.6 is 0 Å². The van der Waals surface area contributed by atoms with Crippen LogP contribution in [0.2, 0.25) is 0 Å². The normalized spacial score (nSPS) is 25.0. The van der Waals surface area contributed by atoms with Crippen LogP contribution in [-0.4, -0.2) is 42.6 Å². The number of halogens is 1. The fourth-order valence-corrected chi connectivity index (χ4v) is 2.88. The van der Waals surface area contributed by atoms with Crippen LogP contribution in [0.15, 0.2) is 24.3 Å². The third-order valence-corrected chi connectivity index (χ3v) is 4.23. The third kappa shape index (κ3) is 3.41. The molecule has 2 aliphatic rings. The van der Waals surface area contributed by atoms with Crippen LogP contribution in [0.1, 0.15) is 24.8 Å². The van der Waals surface area contributed by atoms with Crippen LogP contribution in [0.4, 0.5) is 4.39 Å². The molecule has 1 aromatic rings. The summed E-state index contributed by atoms with van der Waals surface area (Å²) in [6.07, 6.45) is 2.90. The first kappa shape index (κ1) is 14.5. The van der Waals surface area contributed by atoms with E-state index in [1.54, 1.807) is 13.2 Å². The molecule has 3 rings (SSSR count). The molecule has 1 N–H and O–H groups in total. The number of amides is 1. The minimum atomic E-state index is -0.255. The molecule has 114 valence electrons. The SMILES string of the molecule is COC1CNC(C(=O)N(Cc2cccc(F)c2)C2CC2)C1. The highest BCUT2D eigenvalue weighted by molar-refractivity contribution is 5.83. The number of hydrogen-bond acceptors (Lipinski definition) is 3. The monoisotopic (exact) mass is 292 g/mol. The van der Waals surface area contributed by atoms with Crippen LogP contribution in [0.5, 0.6) is 0 Å². The van der Waals surface area contributed by atoms with Crippen molar-refractivity contribution in [3.8, 4) is 0 Å². The minimum Gasteiger partial charge on any atom is -0.380 e. The lowest BCUT2D eigenvalue weighted by Crippen LogP contribution is -2.44. The van der Waals surface area contributed by atoms with Gasteiger partial charge in [-0.15, -0.1) is 0 Å². The molecule has 1 aliphatic carbocycles. The van der Waals surface area contributed by atoms with Crippen molar-refractivity contribution < 1.29 is 13.9 Å². The van der Waals surface area contributed by atoms with Gasteiger partial charge < -0.3 is 15.0 Å². The summed E-state index contributed by atoms with van der Waals surface area (Å²) in [5.41, 5.74) is 0.844. The van der Waals surface area contributed by atoms with Gasteiger partial charge >= 0.3 is 0 Å². The zero-order valence-electron chi connectivity index (χ0n) is 12.2. The zero-order valence-corrected chi connectivity index (χ0v) is 12.2. The van der Waals surface area contributed by atoms with Crippen LogP contribution in [-0.2, 0) is 16.1 Å². The number of carbonyl (C=O) groups excluding carboxylic acids is 1. The molecule has 1 aliphatic heterocycles. The molecule has 0 bridgehead atoms. The summed E-state index contributed by atoms with van der Waals surface area (Å²) in [6, 6.07) is 6.62. The van der Waals surface area contributed by atoms with E-state index in [0.717, 1.165) is 18.4 Å². The molecule has 0 spiro atoms. The molecular formula is C16H21FN2O2. The molecule has 1 aromatic carbocycles. The lowest BCUT2D eigenvalue weighted by Gasteiger charge is -2.26. The van der Waals surface area contributed by atoms with Gasteiger partial charge in [-0.25, -0.2) is 4.39 Å². The quantitative estimate of drug-likeness (QED) is 0.898. The number of nitrogens with one attached hydrogen (secondary N) is 1. The standard InChI is InChI=1S/C16H21FN2O2/c1-21-14-8-15(18-9-14)16(20)19(13-5-6-13)10-11-3-2-4-12(17)7-11/h2-4,7,13-15,18H,5-6,8-10H2,1H3. The van der Waals surface area contributed by atoms with Crippen molar-refractivity contribution in [1.82, 2.24) is 10.2 Å². The van der Waals surface area contributed by atoms with Crippen LogP contribution in [0.25, 0.3) is 0 Å². The number of nitrogens with zero attached hydrogens (tertiary/aromatic N) is 1. The molecule has 5 heteroatoms. The van der Waals surface area contributed by atoms with Gasteiger partial charge in [0.15, 0.2) is 0 Å². The van der Waals surface area contributed by atoms with Crippen molar-refractivity contribution in [3.63, 3.8) is 0 Å². The van der Waals surface area contributed by atoms with E-state index in [1.807, 2.05) is 11.0 Å². The smallest absolute Gasteiger partial charge is 0.240 e. The Labute approximate surface area is 124 Å². The Hall–Kier alpha value is -1.46. The van der Waals surface area contributed by atoms with E-state index >= 15 is 0 Å². The number of benzene rings is 1. The molecule has 0 radical (unpaired) electrons. The first-order chi connectivity index (χ1) is 10.2. The highest BCUT2D eigenvalue weighted by atomic mass is 19.1. The predicted molar refractivity (Wildman–Crippen MR) is 77.2 cm³/mol. The van der Waals surface area contributed by atoms with Crippen LogP contribution < -0.4 is 5.32 Å². The summed E-state index contributed by atoms with van der Waals surface area (Å²) in [5, 5.41) is 3.23. The Morgan fingerprint density at radius 1 is 1.48 bits per heavy atom. The Kier molecular flexibility index (Phi) is 4.22. The molecule has 1 heterocycles. The number of ether oxygens (including phenoxy) is 1. The molecule has 1 saturated heterocycles. The van der Waals surface area contributed by atoms with Gasteiger partial charge in [0.2, 0.25) is 5.91 Å². The van der Waals surface area contributed by atoms with Crippen molar-refractivity contribution in [2.24, 2.45) is 0 Å². The molecule has 1 amide bonds. The summed E-state index contributed by atoms with van der Waals surface area (Å²) in [4.78, 5) is 14.6. The van der Waals surface area contributed by atoms with Crippen molar-refractivity contribution >= 4 is 5.91 Å². The first-order valence-corrected chi connectivity index (χ1v) is 7.48. The van der Waals surface area contributed by atoms with Gasteiger partial charge in [0.05, 0.1) is 12.1 Å². The summed E-state index contributed by atoms with van der Waals surface area (Å²) >= 11 is 0. The number of carbonyl (C=O) groups is 1. The zero-order chi connectivity index (χ0) is 14.8. The lowest BCUT2D eigenvalue weighted by atomic mass is 10.1. The maximum atomic E-state index is 13.3. The second kappa shape index (κ2) is 6.12.